The van der Waals surface area contributed by atoms with Gasteiger partial charge in [0.05, 0.1) is 18.8 Å². The molecule has 3 aliphatic heterocycles. The maximum atomic E-state index is 11.7. The Kier molecular flexibility index (Phi) is 3.42. The van der Waals surface area contributed by atoms with E-state index in [1.807, 2.05) is 11.9 Å². The quantitative estimate of drug-likeness (QED) is 0.760. The van der Waals surface area contributed by atoms with E-state index < -0.39 is 0 Å². The molecular weight excluding hydrogens is 228 g/mol. The van der Waals surface area contributed by atoms with Crippen molar-refractivity contribution in [3.63, 3.8) is 0 Å². The van der Waals surface area contributed by atoms with E-state index in [9.17, 15) is 4.79 Å². The van der Waals surface area contributed by atoms with Crippen molar-refractivity contribution in [3.05, 3.63) is 0 Å². The van der Waals surface area contributed by atoms with Crippen LogP contribution in [-0.2, 0) is 9.53 Å². The molecule has 92 valence electrons. The highest BCUT2D eigenvalue weighted by Gasteiger charge is 2.53. The number of likely N-dealkylation sites (tertiary alicyclic amines) is 1. The van der Waals surface area contributed by atoms with Gasteiger partial charge in [-0.1, -0.05) is 0 Å². The Morgan fingerprint density at radius 2 is 1.88 bits per heavy atom. The van der Waals surface area contributed by atoms with Crippen molar-refractivity contribution in [1.82, 2.24) is 10.2 Å². The summed E-state index contributed by atoms with van der Waals surface area (Å²) in [5.74, 6) is 1.50. The standard InChI is InChI=1S/C11H18N2O2.ClH/c1-12-4-11(14)13-5-7-8(6-13)10-3-2-9(7)15-10;/h7-10,12H,2-6H2,1H3;1H. The van der Waals surface area contributed by atoms with Gasteiger partial charge in [0.15, 0.2) is 0 Å². The summed E-state index contributed by atoms with van der Waals surface area (Å²) in [4.78, 5) is 13.7. The zero-order valence-electron chi connectivity index (χ0n) is 9.52. The van der Waals surface area contributed by atoms with Crippen LogP contribution in [-0.4, -0.2) is 49.7 Å². The molecular formula is C11H19ClN2O2. The van der Waals surface area contributed by atoms with E-state index in [-0.39, 0.29) is 18.3 Å². The molecule has 0 aromatic heterocycles. The predicted octanol–water partition coefficient (Wildman–Crippen LogP) is 0.263. The van der Waals surface area contributed by atoms with Gasteiger partial charge in [-0.2, -0.15) is 0 Å². The lowest BCUT2D eigenvalue weighted by atomic mass is 9.82. The molecule has 2 bridgehead atoms. The number of likely N-dealkylation sites (N-methyl/N-ethyl adjacent to an activating group) is 1. The molecule has 0 aromatic rings. The van der Waals surface area contributed by atoms with Crippen LogP contribution in [0.25, 0.3) is 0 Å². The second-order valence-electron chi connectivity index (χ2n) is 4.95. The number of hydrogen-bond acceptors (Lipinski definition) is 3. The van der Waals surface area contributed by atoms with Crippen molar-refractivity contribution in [1.29, 1.82) is 0 Å². The van der Waals surface area contributed by atoms with Crippen LogP contribution in [0.3, 0.4) is 0 Å². The molecule has 0 aromatic carbocycles. The van der Waals surface area contributed by atoms with Gasteiger partial charge in [-0.3, -0.25) is 4.79 Å². The molecule has 0 saturated carbocycles. The minimum absolute atomic E-state index is 0. The highest BCUT2D eigenvalue weighted by atomic mass is 35.5. The predicted molar refractivity (Wildman–Crippen MR) is 62.6 cm³/mol. The molecule has 1 amide bonds. The fraction of sp³-hybridized carbons (Fsp3) is 0.909. The Labute approximate surface area is 102 Å². The molecule has 3 fully saturated rings. The van der Waals surface area contributed by atoms with Crippen molar-refractivity contribution < 1.29 is 9.53 Å². The van der Waals surface area contributed by atoms with Gasteiger partial charge in [0.25, 0.3) is 0 Å². The molecule has 3 rings (SSSR count). The number of halogens is 1. The van der Waals surface area contributed by atoms with Crippen molar-refractivity contribution in [2.75, 3.05) is 26.7 Å². The maximum Gasteiger partial charge on any atom is 0.236 e. The molecule has 3 aliphatic rings. The fourth-order valence-electron chi connectivity index (χ4n) is 3.43. The molecule has 16 heavy (non-hydrogen) atoms. The van der Waals surface area contributed by atoms with Gasteiger partial charge in [-0.05, 0) is 19.9 Å². The summed E-state index contributed by atoms with van der Waals surface area (Å²) >= 11 is 0. The van der Waals surface area contributed by atoms with Crippen molar-refractivity contribution >= 4 is 18.3 Å². The van der Waals surface area contributed by atoms with Crippen molar-refractivity contribution in [2.45, 2.75) is 25.0 Å². The van der Waals surface area contributed by atoms with Gasteiger partial charge in [-0.25, -0.2) is 0 Å². The van der Waals surface area contributed by atoms with Crippen LogP contribution in [0.2, 0.25) is 0 Å². The number of ether oxygens (including phenoxy) is 1. The minimum atomic E-state index is 0. The second kappa shape index (κ2) is 4.51. The van der Waals surface area contributed by atoms with Crippen LogP contribution < -0.4 is 5.32 Å². The van der Waals surface area contributed by atoms with Gasteiger partial charge >= 0.3 is 0 Å². The number of amides is 1. The first kappa shape index (κ1) is 12.1. The molecule has 5 heteroatoms. The Hall–Kier alpha value is -0.320. The lowest BCUT2D eigenvalue weighted by Crippen LogP contribution is -2.37. The summed E-state index contributed by atoms with van der Waals surface area (Å²) in [6.07, 6.45) is 3.32. The molecule has 4 unspecified atom stereocenters. The largest absolute Gasteiger partial charge is 0.374 e. The first-order valence-corrected chi connectivity index (χ1v) is 5.87. The lowest BCUT2D eigenvalue weighted by Gasteiger charge is -2.18. The lowest BCUT2D eigenvalue weighted by molar-refractivity contribution is -0.129. The molecule has 0 radical (unpaired) electrons. The van der Waals surface area contributed by atoms with Crippen LogP contribution >= 0.6 is 12.4 Å². The van der Waals surface area contributed by atoms with Gasteiger partial charge in [0.2, 0.25) is 5.91 Å². The van der Waals surface area contributed by atoms with Crippen LogP contribution in [0.5, 0.6) is 0 Å². The number of carbonyl (C=O) groups excluding carboxylic acids is 1. The summed E-state index contributed by atoms with van der Waals surface area (Å²) in [7, 11) is 1.82. The summed E-state index contributed by atoms with van der Waals surface area (Å²) < 4.78 is 5.87. The van der Waals surface area contributed by atoms with E-state index in [0.29, 0.717) is 30.6 Å². The number of carbonyl (C=O) groups is 1. The van der Waals surface area contributed by atoms with E-state index in [1.54, 1.807) is 0 Å². The summed E-state index contributed by atoms with van der Waals surface area (Å²) in [5, 5.41) is 2.93. The smallest absolute Gasteiger partial charge is 0.236 e. The molecule has 4 atom stereocenters. The zero-order chi connectivity index (χ0) is 10.4. The van der Waals surface area contributed by atoms with E-state index in [1.165, 1.54) is 12.8 Å². The monoisotopic (exact) mass is 246 g/mol. The van der Waals surface area contributed by atoms with Crippen molar-refractivity contribution in [2.24, 2.45) is 11.8 Å². The van der Waals surface area contributed by atoms with Crippen LogP contribution in [0.1, 0.15) is 12.8 Å². The Bertz CT molecular complexity index is 269. The van der Waals surface area contributed by atoms with E-state index in [2.05, 4.69) is 5.32 Å². The minimum Gasteiger partial charge on any atom is -0.374 e. The van der Waals surface area contributed by atoms with Gasteiger partial charge in [-0.15, -0.1) is 12.4 Å². The van der Waals surface area contributed by atoms with Gasteiger partial charge < -0.3 is 15.0 Å². The Morgan fingerprint density at radius 1 is 1.31 bits per heavy atom. The Morgan fingerprint density at radius 3 is 2.38 bits per heavy atom. The third-order valence-corrected chi connectivity index (χ3v) is 4.13. The molecule has 4 nitrogen and oxygen atoms in total. The fourth-order valence-corrected chi connectivity index (χ4v) is 3.43. The van der Waals surface area contributed by atoms with E-state index >= 15 is 0 Å². The number of nitrogens with one attached hydrogen (secondary N) is 1. The molecule has 1 N–H and O–H groups in total. The first-order chi connectivity index (χ1) is 7.29. The van der Waals surface area contributed by atoms with E-state index in [0.717, 1.165) is 13.1 Å². The van der Waals surface area contributed by atoms with Gasteiger partial charge in [0, 0.05) is 24.9 Å². The summed E-state index contributed by atoms with van der Waals surface area (Å²) in [6, 6.07) is 0. The average molecular weight is 247 g/mol. The first-order valence-electron chi connectivity index (χ1n) is 5.87. The maximum absolute atomic E-state index is 11.7. The number of rotatable bonds is 2. The number of hydrogen-bond donors (Lipinski definition) is 1. The van der Waals surface area contributed by atoms with E-state index in [4.69, 9.17) is 4.74 Å². The average Bonchev–Trinajstić information content (AvgIpc) is 2.90. The number of fused-ring (bicyclic) bond motifs is 5. The van der Waals surface area contributed by atoms with Crippen LogP contribution in [0, 0.1) is 11.8 Å². The van der Waals surface area contributed by atoms with Crippen LogP contribution in [0.4, 0.5) is 0 Å². The highest BCUT2D eigenvalue weighted by molar-refractivity contribution is 5.85. The zero-order valence-corrected chi connectivity index (χ0v) is 10.3. The summed E-state index contributed by atoms with van der Waals surface area (Å²) in [5.41, 5.74) is 0. The SMILES string of the molecule is CNCC(=O)N1CC2C3CCC(O3)C2C1.Cl. The molecule has 0 aliphatic carbocycles. The third kappa shape index (κ3) is 1.73. The molecule has 3 heterocycles. The summed E-state index contributed by atoms with van der Waals surface area (Å²) in [6.45, 7) is 2.31. The number of nitrogens with zero attached hydrogens (tertiary/aromatic N) is 1. The molecule has 0 spiro atoms. The van der Waals surface area contributed by atoms with Gasteiger partial charge in [0.1, 0.15) is 0 Å². The van der Waals surface area contributed by atoms with Crippen molar-refractivity contribution in [3.8, 4) is 0 Å². The van der Waals surface area contributed by atoms with Crippen LogP contribution in [0.15, 0.2) is 0 Å². The third-order valence-electron chi connectivity index (χ3n) is 4.13. The molecule has 3 saturated heterocycles. The topological polar surface area (TPSA) is 41.6 Å². The second-order valence-corrected chi connectivity index (χ2v) is 4.95. The Balaban J connectivity index is 0.000000963. The highest BCUT2D eigenvalue weighted by Crippen LogP contribution is 2.47. The normalized spacial score (nSPS) is 39.7.